The van der Waals surface area contributed by atoms with Gasteiger partial charge in [-0.3, -0.25) is 14.3 Å². The summed E-state index contributed by atoms with van der Waals surface area (Å²) in [4.78, 5) is 22.2. The van der Waals surface area contributed by atoms with Gasteiger partial charge in [0.15, 0.2) is 10.9 Å². The van der Waals surface area contributed by atoms with E-state index in [0.717, 1.165) is 17.7 Å². The molecule has 3 heterocycles. The second-order valence-corrected chi connectivity index (χ2v) is 12.9. The summed E-state index contributed by atoms with van der Waals surface area (Å²) in [6, 6.07) is 35.4. The third kappa shape index (κ3) is 7.51. The number of hydrogen-bond acceptors (Lipinski definition) is 7. The number of piperazine rings is 1. The smallest absolute Gasteiger partial charge is 0.416 e. The van der Waals surface area contributed by atoms with E-state index in [4.69, 9.17) is 4.42 Å². The normalized spacial score (nSPS) is 14.0. The Balaban J connectivity index is 1.04. The van der Waals surface area contributed by atoms with Crippen LogP contribution in [0, 0.1) is 0 Å². The van der Waals surface area contributed by atoms with Gasteiger partial charge < -0.3 is 9.32 Å². The van der Waals surface area contributed by atoms with Crippen molar-refractivity contribution < 1.29 is 22.4 Å². The van der Waals surface area contributed by atoms with Crippen LogP contribution in [0.3, 0.4) is 0 Å². The van der Waals surface area contributed by atoms with Gasteiger partial charge >= 0.3 is 6.18 Å². The highest BCUT2D eigenvalue weighted by Crippen LogP contribution is 2.33. The lowest BCUT2D eigenvalue weighted by molar-refractivity contribution is -0.137. The molecular weight excluding hydrogens is 662 g/mol. The highest BCUT2D eigenvalue weighted by molar-refractivity contribution is 7.98. The SMILES string of the molecule is O=C(c1coc(CSc2nnc(Cc3ccccc3)n2-c2cccc(C(F)(F)F)c2)n1)N1CCN(C(c2ccccc2)c2ccccc2)CC1. The van der Waals surface area contributed by atoms with Crippen molar-refractivity contribution in [2.45, 2.75) is 29.5 Å². The fourth-order valence-corrected chi connectivity index (χ4v) is 7.02. The lowest BCUT2D eigenvalue weighted by Crippen LogP contribution is -2.50. The van der Waals surface area contributed by atoms with Gasteiger partial charge in [-0.15, -0.1) is 10.2 Å². The Morgan fingerprint density at radius 3 is 2.08 bits per heavy atom. The molecule has 1 amide bonds. The largest absolute Gasteiger partial charge is 0.447 e. The summed E-state index contributed by atoms with van der Waals surface area (Å²) in [5.74, 6) is 0.771. The summed E-state index contributed by atoms with van der Waals surface area (Å²) in [7, 11) is 0. The van der Waals surface area contributed by atoms with Gasteiger partial charge in [-0.2, -0.15) is 13.2 Å². The molecule has 1 aliphatic heterocycles. The molecule has 1 fully saturated rings. The van der Waals surface area contributed by atoms with Crippen LogP contribution in [0.25, 0.3) is 5.69 Å². The van der Waals surface area contributed by atoms with Gasteiger partial charge in [0, 0.05) is 32.6 Å². The van der Waals surface area contributed by atoms with Crippen molar-refractivity contribution in [3.8, 4) is 5.69 Å². The number of thioether (sulfide) groups is 1. The molecule has 4 aromatic carbocycles. The second-order valence-electron chi connectivity index (χ2n) is 11.9. The van der Waals surface area contributed by atoms with Crippen molar-refractivity contribution in [3.63, 3.8) is 0 Å². The van der Waals surface area contributed by atoms with Crippen LogP contribution in [-0.2, 0) is 18.3 Å². The molecule has 0 atom stereocenters. The molecule has 0 spiro atoms. The first-order chi connectivity index (χ1) is 24.3. The molecule has 0 saturated carbocycles. The second kappa shape index (κ2) is 14.7. The van der Waals surface area contributed by atoms with Crippen molar-refractivity contribution in [2.75, 3.05) is 26.2 Å². The van der Waals surface area contributed by atoms with Crippen molar-refractivity contribution >= 4 is 17.7 Å². The molecular formula is C38H33F3N6O2S. The van der Waals surface area contributed by atoms with E-state index in [1.54, 1.807) is 15.5 Å². The molecule has 2 aromatic heterocycles. The Morgan fingerprint density at radius 1 is 0.800 bits per heavy atom. The minimum atomic E-state index is -4.50. The third-order valence-corrected chi connectivity index (χ3v) is 9.54. The average molecular weight is 695 g/mol. The Morgan fingerprint density at radius 2 is 1.44 bits per heavy atom. The van der Waals surface area contributed by atoms with Crippen LogP contribution in [0.5, 0.6) is 0 Å². The minimum absolute atomic E-state index is 0.0801. The van der Waals surface area contributed by atoms with Gasteiger partial charge in [0.1, 0.15) is 12.1 Å². The number of aromatic nitrogens is 4. The zero-order valence-electron chi connectivity index (χ0n) is 26.9. The van der Waals surface area contributed by atoms with Crippen molar-refractivity contribution in [3.05, 3.63) is 161 Å². The number of alkyl halides is 3. The van der Waals surface area contributed by atoms with E-state index in [2.05, 4.69) is 44.3 Å². The number of oxazole rings is 1. The molecule has 254 valence electrons. The Kier molecular flexibility index (Phi) is 9.81. The lowest BCUT2D eigenvalue weighted by Gasteiger charge is -2.39. The summed E-state index contributed by atoms with van der Waals surface area (Å²) < 4.78 is 48.2. The molecule has 7 rings (SSSR count). The first kappa shape index (κ1) is 33.3. The van der Waals surface area contributed by atoms with E-state index in [1.807, 2.05) is 66.7 Å². The van der Waals surface area contributed by atoms with Gasteiger partial charge in [0.25, 0.3) is 5.91 Å². The van der Waals surface area contributed by atoms with Crippen molar-refractivity contribution in [2.24, 2.45) is 0 Å². The fraction of sp³-hybridized carbons (Fsp3) is 0.211. The van der Waals surface area contributed by atoms with E-state index in [-0.39, 0.29) is 23.4 Å². The maximum atomic E-state index is 13.6. The van der Waals surface area contributed by atoms with Crippen LogP contribution in [0.1, 0.15) is 50.5 Å². The number of halogens is 3. The van der Waals surface area contributed by atoms with E-state index >= 15 is 0 Å². The van der Waals surface area contributed by atoms with Crippen LogP contribution < -0.4 is 0 Å². The van der Waals surface area contributed by atoms with Gasteiger partial charge in [-0.05, 0) is 34.9 Å². The highest BCUT2D eigenvalue weighted by atomic mass is 32.2. The highest BCUT2D eigenvalue weighted by Gasteiger charge is 2.32. The molecule has 0 unspecified atom stereocenters. The molecule has 8 nitrogen and oxygen atoms in total. The predicted molar refractivity (Wildman–Crippen MR) is 184 cm³/mol. The average Bonchev–Trinajstić information content (AvgIpc) is 3.79. The van der Waals surface area contributed by atoms with Crippen LogP contribution in [0.4, 0.5) is 13.2 Å². The first-order valence-electron chi connectivity index (χ1n) is 16.2. The van der Waals surface area contributed by atoms with Gasteiger partial charge in [0.05, 0.1) is 23.0 Å². The number of benzene rings is 4. The Bertz CT molecular complexity index is 1990. The molecule has 1 aliphatic rings. The Labute approximate surface area is 291 Å². The quantitative estimate of drug-likeness (QED) is 0.136. The number of carbonyl (C=O) groups is 1. The molecule has 12 heteroatoms. The molecule has 0 bridgehead atoms. The molecule has 0 N–H and O–H groups in total. The molecule has 0 radical (unpaired) electrons. The lowest BCUT2D eigenvalue weighted by atomic mass is 9.96. The van der Waals surface area contributed by atoms with E-state index in [0.29, 0.717) is 55.2 Å². The number of amides is 1. The summed E-state index contributed by atoms with van der Waals surface area (Å²) >= 11 is 1.22. The monoisotopic (exact) mass is 694 g/mol. The summed E-state index contributed by atoms with van der Waals surface area (Å²) in [6.07, 6.45) is -2.78. The van der Waals surface area contributed by atoms with Crippen LogP contribution in [-0.4, -0.2) is 61.6 Å². The van der Waals surface area contributed by atoms with E-state index in [1.165, 1.54) is 35.2 Å². The predicted octanol–water partition coefficient (Wildman–Crippen LogP) is 7.70. The third-order valence-electron chi connectivity index (χ3n) is 8.63. The zero-order chi connectivity index (χ0) is 34.5. The molecule has 6 aromatic rings. The first-order valence-corrected chi connectivity index (χ1v) is 17.2. The number of nitrogens with zero attached hydrogens (tertiary/aromatic N) is 6. The summed E-state index contributed by atoms with van der Waals surface area (Å²) in [5, 5.41) is 9.04. The van der Waals surface area contributed by atoms with Crippen LogP contribution in [0.2, 0.25) is 0 Å². The minimum Gasteiger partial charge on any atom is -0.447 e. The maximum absolute atomic E-state index is 13.6. The molecule has 50 heavy (non-hydrogen) atoms. The van der Waals surface area contributed by atoms with Crippen molar-refractivity contribution in [1.82, 2.24) is 29.5 Å². The van der Waals surface area contributed by atoms with E-state index < -0.39 is 11.7 Å². The van der Waals surface area contributed by atoms with E-state index in [9.17, 15) is 18.0 Å². The summed E-state index contributed by atoms with van der Waals surface area (Å²) in [5.41, 5.74) is 3.08. The topological polar surface area (TPSA) is 80.3 Å². The standard InChI is InChI=1S/C38H33F3N6O2S/c39-38(40,41)30-17-10-18-31(24-30)47-33(23-27-11-4-1-5-12-27)43-44-37(47)50-26-34-42-32(25-49-34)36(48)46-21-19-45(20-22-46)35(28-13-6-2-7-14-28)29-15-8-3-9-16-29/h1-18,24-25,35H,19-23,26H2. The van der Waals surface area contributed by atoms with Crippen LogP contribution in [0.15, 0.2) is 131 Å². The number of carbonyl (C=O) groups excluding carboxylic acids is 1. The molecule has 0 aliphatic carbocycles. The summed E-state index contributed by atoms with van der Waals surface area (Å²) in [6.45, 7) is 2.46. The van der Waals surface area contributed by atoms with Gasteiger partial charge in [-0.1, -0.05) is 109 Å². The van der Waals surface area contributed by atoms with Gasteiger partial charge in [-0.25, -0.2) is 4.98 Å². The van der Waals surface area contributed by atoms with Gasteiger partial charge in [0.2, 0.25) is 5.89 Å². The zero-order valence-corrected chi connectivity index (χ0v) is 27.7. The number of rotatable bonds is 10. The molecule has 1 saturated heterocycles. The Hall–Kier alpha value is -5.20. The van der Waals surface area contributed by atoms with Crippen molar-refractivity contribution in [1.29, 1.82) is 0 Å². The number of hydrogen-bond donors (Lipinski definition) is 0. The fourth-order valence-electron chi connectivity index (χ4n) is 6.20. The maximum Gasteiger partial charge on any atom is 0.416 e. The van der Waals surface area contributed by atoms with Crippen LogP contribution >= 0.6 is 11.8 Å².